The Morgan fingerprint density at radius 3 is 2.46 bits per heavy atom. The average molecular weight is 223 g/mol. The Morgan fingerprint density at radius 1 is 1.54 bits per heavy atom. The molecule has 1 N–H and O–H groups in total. The van der Waals surface area contributed by atoms with Gasteiger partial charge >= 0.3 is 5.97 Å². The molecule has 76 valence electrons. The number of nitrogens with zero attached hydrogens (tertiary/aromatic N) is 1. The highest BCUT2D eigenvalue weighted by Crippen LogP contribution is 2.17. The number of carbonyl (C=O) groups is 2. The van der Waals surface area contributed by atoms with E-state index in [2.05, 4.69) is 0 Å². The minimum Gasteiger partial charge on any atom is -0.480 e. The summed E-state index contributed by atoms with van der Waals surface area (Å²) in [6.45, 7) is 1.49. The molecule has 13 heavy (non-hydrogen) atoms. The summed E-state index contributed by atoms with van der Waals surface area (Å²) in [4.78, 5) is 23.0. The summed E-state index contributed by atoms with van der Waals surface area (Å²) < 4.78 is 0. The smallest absolute Gasteiger partial charge is 0.326 e. The minimum absolute atomic E-state index is 0.158. The lowest BCUT2D eigenvalue weighted by molar-refractivity contribution is -0.147. The van der Waals surface area contributed by atoms with Crippen LogP contribution < -0.4 is 0 Å². The van der Waals surface area contributed by atoms with Gasteiger partial charge in [-0.2, -0.15) is 0 Å². The van der Waals surface area contributed by atoms with Gasteiger partial charge in [0, 0.05) is 7.05 Å². The Morgan fingerprint density at radius 2 is 2.08 bits per heavy atom. The second-order valence-corrected chi connectivity index (χ2v) is 5.01. The van der Waals surface area contributed by atoms with E-state index in [1.54, 1.807) is 0 Å². The maximum atomic E-state index is 11.3. The predicted molar refractivity (Wildman–Crippen MR) is 55.8 cm³/mol. The van der Waals surface area contributed by atoms with E-state index in [1.165, 1.54) is 40.5 Å². The summed E-state index contributed by atoms with van der Waals surface area (Å²) in [6.07, 6.45) is 1.87. The van der Waals surface area contributed by atoms with Crippen molar-refractivity contribution in [2.45, 2.75) is 13.0 Å². The highest BCUT2D eigenvalue weighted by molar-refractivity contribution is 8.76. The fourth-order valence-corrected chi connectivity index (χ4v) is 1.67. The van der Waals surface area contributed by atoms with E-state index < -0.39 is 12.0 Å². The molecule has 0 radical (unpaired) electrons. The molecular formula is C7H13NO3S2. The van der Waals surface area contributed by atoms with Gasteiger partial charge in [0.05, 0.1) is 5.75 Å². The van der Waals surface area contributed by atoms with Gasteiger partial charge in [0.15, 0.2) is 0 Å². The Kier molecular flexibility index (Phi) is 5.98. The number of carboxylic acids is 1. The third kappa shape index (κ3) is 4.42. The molecule has 6 heteroatoms. The molecule has 1 atom stereocenters. The molecule has 0 spiro atoms. The van der Waals surface area contributed by atoms with E-state index in [1.807, 2.05) is 6.26 Å². The van der Waals surface area contributed by atoms with Crippen molar-refractivity contribution in [2.75, 3.05) is 19.1 Å². The lowest BCUT2D eigenvalue weighted by atomic mass is 10.3. The van der Waals surface area contributed by atoms with E-state index in [9.17, 15) is 9.59 Å². The van der Waals surface area contributed by atoms with Crippen LogP contribution >= 0.6 is 21.6 Å². The van der Waals surface area contributed by atoms with Gasteiger partial charge in [0.1, 0.15) is 6.04 Å². The molecule has 0 aromatic heterocycles. The van der Waals surface area contributed by atoms with Crippen molar-refractivity contribution in [3.05, 3.63) is 0 Å². The van der Waals surface area contributed by atoms with Crippen molar-refractivity contribution in [3.8, 4) is 0 Å². The van der Waals surface area contributed by atoms with E-state index >= 15 is 0 Å². The van der Waals surface area contributed by atoms with E-state index in [-0.39, 0.29) is 5.91 Å². The summed E-state index contributed by atoms with van der Waals surface area (Å²) in [6, 6.07) is -0.755. The molecule has 1 amide bonds. The van der Waals surface area contributed by atoms with Gasteiger partial charge in [-0.05, 0) is 13.2 Å². The number of amides is 1. The molecule has 0 saturated carbocycles. The van der Waals surface area contributed by atoms with Gasteiger partial charge in [0.2, 0.25) is 5.91 Å². The molecule has 0 aromatic rings. The largest absolute Gasteiger partial charge is 0.480 e. The highest BCUT2D eigenvalue weighted by Gasteiger charge is 2.20. The van der Waals surface area contributed by atoms with Gasteiger partial charge < -0.3 is 10.0 Å². The lowest BCUT2D eigenvalue weighted by Crippen LogP contribution is -2.41. The first kappa shape index (κ1) is 12.6. The summed E-state index contributed by atoms with van der Waals surface area (Å²) in [5, 5.41) is 8.62. The van der Waals surface area contributed by atoms with Crippen LogP contribution in [0.3, 0.4) is 0 Å². The van der Waals surface area contributed by atoms with Crippen LogP contribution in [0.25, 0.3) is 0 Å². The zero-order valence-electron chi connectivity index (χ0n) is 7.81. The van der Waals surface area contributed by atoms with Crippen LogP contribution in [0.1, 0.15) is 6.92 Å². The highest BCUT2D eigenvalue weighted by atomic mass is 33.1. The zero-order valence-corrected chi connectivity index (χ0v) is 9.44. The normalized spacial score (nSPS) is 12.2. The molecule has 0 aliphatic rings. The molecule has 4 nitrogen and oxygen atoms in total. The van der Waals surface area contributed by atoms with Gasteiger partial charge in [-0.25, -0.2) is 4.79 Å². The molecule has 1 unspecified atom stereocenters. The molecule has 0 aliphatic heterocycles. The molecule has 0 aromatic carbocycles. The van der Waals surface area contributed by atoms with E-state index in [0.717, 1.165) is 0 Å². The maximum Gasteiger partial charge on any atom is 0.326 e. The number of carbonyl (C=O) groups excluding carboxylic acids is 1. The maximum absolute atomic E-state index is 11.3. The van der Waals surface area contributed by atoms with Crippen LogP contribution in [0, 0.1) is 0 Å². The fourth-order valence-electron chi connectivity index (χ4n) is 0.593. The van der Waals surface area contributed by atoms with Crippen LogP contribution in [0.4, 0.5) is 0 Å². The third-order valence-electron chi connectivity index (χ3n) is 1.63. The quantitative estimate of drug-likeness (QED) is 0.703. The van der Waals surface area contributed by atoms with Crippen molar-refractivity contribution < 1.29 is 14.7 Å². The van der Waals surface area contributed by atoms with Crippen molar-refractivity contribution in [2.24, 2.45) is 0 Å². The molecule has 0 bridgehead atoms. The Hall–Kier alpha value is -0.360. The first-order chi connectivity index (χ1) is 6.00. The first-order valence-corrected chi connectivity index (χ1v) is 6.37. The average Bonchev–Trinajstić information content (AvgIpc) is 2.11. The lowest BCUT2D eigenvalue weighted by Gasteiger charge is -2.20. The Balaban J connectivity index is 4.01. The second-order valence-electron chi connectivity index (χ2n) is 2.45. The van der Waals surface area contributed by atoms with Gasteiger partial charge in [-0.15, -0.1) is 0 Å². The number of hydrogen-bond acceptors (Lipinski definition) is 4. The summed E-state index contributed by atoms with van der Waals surface area (Å²) in [5.74, 6) is -0.825. The van der Waals surface area contributed by atoms with E-state index in [4.69, 9.17) is 5.11 Å². The molecule has 0 aliphatic carbocycles. The van der Waals surface area contributed by atoms with Crippen molar-refractivity contribution in [1.82, 2.24) is 4.90 Å². The number of likely N-dealkylation sites (N-methyl/N-ethyl adjacent to an activating group) is 1. The van der Waals surface area contributed by atoms with Gasteiger partial charge in [-0.1, -0.05) is 21.6 Å². The number of aliphatic carboxylic acids is 1. The number of rotatable bonds is 5. The van der Waals surface area contributed by atoms with Crippen LogP contribution in [-0.2, 0) is 9.59 Å². The van der Waals surface area contributed by atoms with Crippen molar-refractivity contribution in [3.63, 3.8) is 0 Å². The van der Waals surface area contributed by atoms with Crippen LogP contribution in [0.2, 0.25) is 0 Å². The Bertz CT molecular complexity index is 198. The standard InChI is InChI=1S/C7H13NO3S2/c1-5(7(10)11)8(2)6(9)4-13-12-3/h5H,4H2,1-3H3,(H,10,11). The second kappa shape index (κ2) is 6.15. The molecule has 0 rings (SSSR count). The molecular weight excluding hydrogens is 210 g/mol. The number of hydrogen-bond donors (Lipinski definition) is 1. The Labute approximate surface area is 85.5 Å². The predicted octanol–water partition coefficient (Wildman–Crippen LogP) is 0.929. The van der Waals surface area contributed by atoms with Crippen molar-refractivity contribution >= 4 is 33.5 Å². The fraction of sp³-hybridized carbons (Fsp3) is 0.714. The monoisotopic (exact) mass is 223 g/mol. The SMILES string of the molecule is CSSCC(=O)N(C)C(C)C(=O)O. The van der Waals surface area contributed by atoms with Crippen LogP contribution in [-0.4, -0.2) is 47.0 Å². The number of carboxylic acid groups (broad SMARTS) is 1. The summed E-state index contributed by atoms with van der Waals surface area (Å²) >= 11 is 0. The topological polar surface area (TPSA) is 57.6 Å². The molecule has 0 heterocycles. The first-order valence-electron chi connectivity index (χ1n) is 3.64. The van der Waals surface area contributed by atoms with Crippen molar-refractivity contribution in [1.29, 1.82) is 0 Å². The van der Waals surface area contributed by atoms with Crippen LogP contribution in [0.5, 0.6) is 0 Å². The third-order valence-corrected chi connectivity index (χ3v) is 3.29. The molecule has 0 saturated heterocycles. The van der Waals surface area contributed by atoms with Gasteiger partial charge in [0.25, 0.3) is 0 Å². The van der Waals surface area contributed by atoms with E-state index in [0.29, 0.717) is 5.75 Å². The molecule has 0 fully saturated rings. The summed E-state index contributed by atoms with van der Waals surface area (Å²) in [5.41, 5.74) is 0. The van der Waals surface area contributed by atoms with Gasteiger partial charge in [-0.3, -0.25) is 4.79 Å². The summed E-state index contributed by atoms with van der Waals surface area (Å²) in [7, 11) is 4.40. The minimum atomic E-state index is -0.981. The zero-order chi connectivity index (χ0) is 10.4. The van der Waals surface area contributed by atoms with Crippen LogP contribution in [0.15, 0.2) is 0 Å².